The molecular formula is C23H21N5O. The van der Waals surface area contributed by atoms with Crippen molar-refractivity contribution >= 4 is 23.2 Å². The van der Waals surface area contributed by atoms with E-state index in [0.29, 0.717) is 22.9 Å². The number of hydrogen-bond acceptors (Lipinski definition) is 5. The quantitative estimate of drug-likeness (QED) is 0.669. The molecular weight excluding hydrogens is 362 g/mol. The first-order valence-corrected chi connectivity index (χ1v) is 9.51. The van der Waals surface area contributed by atoms with Crippen molar-refractivity contribution in [2.24, 2.45) is 0 Å². The number of rotatable bonds is 5. The van der Waals surface area contributed by atoms with E-state index in [2.05, 4.69) is 26.7 Å². The predicted molar refractivity (Wildman–Crippen MR) is 112 cm³/mol. The Morgan fingerprint density at radius 1 is 1.03 bits per heavy atom. The van der Waals surface area contributed by atoms with Crippen LogP contribution >= 0.6 is 0 Å². The zero-order valence-corrected chi connectivity index (χ0v) is 16.4. The van der Waals surface area contributed by atoms with Crippen molar-refractivity contribution in [1.29, 1.82) is 5.26 Å². The first-order chi connectivity index (χ1) is 14.0. The summed E-state index contributed by atoms with van der Waals surface area (Å²) in [7, 11) is 0. The van der Waals surface area contributed by atoms with Crippen molar-refractivity contribution in [2.45, 2.75) is 32.1 Å². The number of aryl methyl sites for hydroxylation is 2. The number of nitrogens with one attached hydrogen (secondary N) is 2. The topological polar surface area (TPSA) is 90.7 Å². The molecule has 0 saturated heterocycles. The van der Waals surface area contributed by atoms with Crippen LogP contribution in [0, 0.1) is 25.2 Å². The van der Waals surface area contributed by atoms with Gasteiger partial charge < -0.3 is 10.6 Å². The lowest BCUT2D eigenvalue weighted by Gasteiger charge is -2.13. The van der Waals surface area contributed by atoms with Gasteiger partial charge in [0.05, 0.1) is 22.7 Å². The van der Waals surface area contributed by atoms with Crippen LogP contribution in [-0.4, -0.2) is 15.9 Å². The number of hydrogen-bond donors (Lipinski definition) is 2. The maximum Gasteiger partial charge on any atom is 0.257 e. The Labute approximate surface area is 169 Å². The third-order valence-electron chi connectivity index (χ3n) is 5.06. The van der Waals surface area contributed by atoms with Gasteiger partial charge in [0, 0.05) is 17.1 Å². The molecule has 29 heavy (non-hydrogen) atoms. The molecule has 6 heteroatoms. The Morgan fingerprint density at radius 3 is 2.31 bits per heavy atom. The monoisotopic (exact) mass is 383 g/mol. The van der Waals surface area contributed by atoms with Gasteiger partial charge in [-0.05, 0) is 62.6 Å². The summed E-state index contributed by atoms with van der Waals surface area (Å²) in [5, 5.41) is 15.4. The Morgan fingerprint density at radius 2 is 1.69 bits per heavy atom. The van der Waals surface area contributed by atoms with Gasteiger partial charge in [0.2, 0.25) is 5.95 Å². The molecule has 1 heterocycles. The van der Waals surface area contributed by atoms with Crippen molar-refractivity contribution < 1.29 is 4.79 Å². The van der Waals surface area contributed by atoms with E-state index >= 15 is 0 Å². The van der Waals surface area contributed by atoms with Gasteiger partial charge in [-0.15, -0.1) is 0 Å². The van der Waals surface area contributed by atoms with E-state index in [9.17, 15) is 10.1 Å². The van der Waals surface area contributed by atoms with E-state index in [0.717, 1.165) is 29.8 Å². The van der Waals surface area contributed by atoms with Crippen molar-refractivity contribution in [2.75, 3.05) is 10.6 Å². The molecule has 6 nitrogen and oxygen atoms in total. The van der Waals surface area contributed by atoms with Gasteiger partial charge in [-0.1, -0.05) is 24.3 Å². The summed E-state index contributed by atoms with van der Waals surface area (Å²) < 4.78 is 0. The first-order valence-electron chi connectivity index (χ1n) is 9.51. The molecule has 0 spiro atoms. The third-order valence-corrected chi connectivity index (χ3v) is 5.06. The van der Waals surface area contributed by atoms with Crippen molar-refractivity contribution in [3.8, 4) is 6.07 Å². The molecule has 0 bridgehead atoms. The molecule has 1 amide bonds. The number of aromatic nitrogens is 2. The van der Waals surface area contributed by atoms with Gasteiger partial charge in [-0.25, -0.2) is 9.97 Å². The highest BCUT2D eigenvalue weighted by Gasteiger charge is 2.44. The van der Waals surface area contributed by atoms with E-state index in [1.165, 1.54) is 0 Å². The van der Waals surface area contributed by atoms with E-state index in [4.69, 9.17) is 0 Å². The smallest absolute Gasteiger partial charge is 0.257 e. The second kappa shape index (κ2) is 7.36. The van der Waals surface area contributed by atoms with Crippen LogP contribution in [0.5, 0.6) is 0 Å². The Bertz CT molecular complexity index is 1090. The number of carbonyl (C=O) groups excluding carboxylic acids is 1. The Kier molecular flexibility index (Phi) is 4.73. The minimum absolute atomic E-state index is 0.230. The fraction of sp³-hybridized carbons (Fsp3) is 0.217. The highest BCUT2D eigenvalue weighted by molar-refractivity contribution is 6.08. The van der Waals surface area contributed by atoms with Crippen molar-refractivity contribution in [3.05, 3.63) is 77.1 Å². The summed E-state index contributed by atoms with van der Waals surface area (Å²) in [4.78, 5) is 21.6. The van der Waals surface area contributed by atoms with Gasteiger partial charge in [0.25, 0.3) is 5.91 Å². The standard InChI is InChI=1S/C23H21N5O/c1-15-13-16(2)26-22(25-15)28-20-6-4-3-5-19(20)21(29)27-18-9-7-17(8-10-18)23(14-24)11-12-23/h3-10,13H,11-12H2,1-2H3,(H,27,29)(H,25,26,28). The van der Waals surface area contributed by atoms with E-state index in [1.54, 1.807) is 6.07 Å². The Hall–Kier alpha value is -3.72. The molecule has 144 valence electrons. The molecule has 1 saturated carbocycles. The van der Waals surface area contributed by atoms with Crippen LogP contribution in [0.25, 0.3) is 0 Å². The summed E-state index contributed by atoms with van der Waals surface area (Å²) in [6.45, 7) is 3.81. The summed E-state index contributed by atoms with van der Waals surface area (Å²) in [5.74, 6) is 0.227. The highest BCUT2D eigenvalue weighted by Crippen LogP contribution is 2.47. The van der Waals surface area contributed by atoms with Crippen LogP contribution in [-0.2, 0) is 5.41 Å². The van der Waals surface area contributed by atoms with E-state index in [1.807, 2.05) is 62.4 Å². The van der Waals surface area contributed by atoms with E-state index < -0.39 is 0 Å². The summed E-state index contributed by atoms with van der Waals surface area (Å²) in [6, 6.07) is 19.0. The molecule has 1 aromatic heterocycles. The average molecular weight is 383 g/mol. The SMILES string of the molecule is Cc1cc(C)nc(Nc2ccccc2C(=O)Nc2ccc(C3(C#N)CC3)cc2)n1. The lowest BCUT2D eigenvalue weighted by Crippen LogP contribution is -2.14. The van der Waals surface area contributed by atoms with E-state index in [-0.39, 0.29) is 11.3 Å². The summed E-state index contributed by atoms with van der Waals surface area (Å²) >= 11 is 0. The minimum Gasteiger partial charge on any atom is -0.323 e. The summed E-state index contributed by atoms with van der Waals surface area (Å²) in [6.07, 6.45) is 1.80. The maximum atomic E-state index is 12.9. The van der Waals surface area contributed by atoms with Crippen LogP contribution in [0.4, 0.5) is 17.3 Å². The van der Waals surface area contributed by atoms with Gasteiger partial charge in [0.1, 0.15) is 0 Å². The number of amides is 1. The molecule has 0 aliphatic heterocycles. The molecule has 2 N–H and O–H groups in total. The maximum absolute atomic E-state index is 12.9. The average Bonchev–Trinajstić information content (AvgIpc) is 3.49. The van der Waals surface area contributed by atoms with Crippen LogP contribution in [0.15, 0.2) is 54.6 Å². The number of nitrogens with zero attached hydrogens (tertiary/aromatic N) is 3. The van der Waals surface area contributed by atoms with Gasteiger partial charge in [-0.2, -0.15) is 5.26 Å². The minimum atomic E-state index is -0.328. The van der Waals surface area contributed by atoms with Crippen LogP contribution in [0.1, 0.15) is 40.2 Å². The molecule has 1 aliphatic carbocycles. The zero-order valence-electron chi connectivity index (χ0n) is 16.4. The largest absolute Gasteiger partial charge is 0.323 e. The first kappa shape index (κ1) is 18.6. The lowest BCUT2D eigenvalue weighted by molar-refractivity contribution is 0.102. The molecule has 0 atom stereocenters. The zero-order chi connectivity index (χ0) is 20.4. The lowest BCUT2D eigenvalue weighted by atomic mass is 9.97. The third kappa shape index (κ3) is 3.94. The number of para-hydroxylation sites is 1. The highest BCUT2D eigenvalue weighted by atomic mass is 16.1. The normalized spacial score (nSPS) is 14.0. The van der Waals surface area contributed by atoms with Gasteiger partial charge in [-0.3, -0.25) is 4.79 Å². The Balaban J connectivity index is 1.53. The van der Waals surface area contributed by atoms with Crippen LogP contribution in [0.2, 0.25) is 0 Å². The molecule has 0 radical (unpaired) electrons. The fourth-order valence-corrected chi connectivity index (χ4v) is 3.35. The summed E-state index contributed by atoms with van der Waals surface area (Å²) in [5.41, 5.74) is 4.20. The number of nitriles is 1. The number of benzene rings is 2. The van der Waals surface area contributed by atoms with Crippen LogP contribution in [0.3, 0.4) is 0 Å². The molecule has 3 aromatic rings. The van der Waals surface area contributed by atoms with Gasteiger partial charge in [0.15, 0.2) is 0 Å². The molecule has 1 aliphatic rings. The van der Waals surface area contributed by atoms with Crippen molar-refractivity contribution in [3.63, 3.8) is 0 Å². The van der Waals surface area contributed by atoms with Crippen molar-refractivity contribution in [1.82, 2.24) is 9.97 Å². The van der Waals surface area contributed by atoms with Gasteiger partial charge >= 0.3 is 0 Å². The second-order valence-electron chi connectivity index (χ2n) is 7.37. The predicted octanol–water partition coefficient (Wildman–Crippen LogP) is 4.64. The number of carbonyl (C=O) groups is 1. The fourth-order valence-electron chi connectivity index (χ4n) is 3.35. The number of anilines is 3. The molecule has 1 fully saturated rings. The van der Waals surface area contributed by atoms with Crippen LogP contribution < -0.4 is 10.6 Å². The second-order valence-corrected chi connectivity index (χ2v) is 7.37. The molecule has 4 rings (SSSR count). The molecule has 0 unspecified atom stereocenters. The molecule has 2 aromatic carbocycles.